The largest absolute Gasteiger partial charge is 0.465 e. The van der Waals surface area contributed by atoms with Crippen molar-refractivity contribution in [1.29, 1.82) is 0 Å². The number of hydrogen-bond acceptors (Lipinski definition) is 5. The third kappa shape index (κ3) is 4.51. The molecule has 0 fully saturated rings. The van der Waals surface area contributed by atoms with Crippen molar-refractivity contribution in [2.45, 2.75) is 45.7 Å². The van der Waals surface area contributed by atoms with Crippen LogP contribution in [0.2, 0.25) is 0 Å². The number of nitrogens with zero attached hydrogens (tertiary/aromatic N) is 4. The molecule has 1 aromatic carbocycles. The van der Waals surface area contributed by atoms with Crippen LogP contribution in [0.5, 0.6) is 0 Å². The zero-order valence-electron chi connectivity index (χ0n) is 20.5. The summed E-state index contributed by atoms with van der Waals surface area (Å²) in [6, 6.07) is 13.4. The molecule has 4 heterocycles. The summed E-state index contributed by atoms with van der Waals surface area (Å²) in [6.45, 7) is 6.47. The van der Waals surface area contributed by atoms with E-state index in [1.165, 1.54) is 5.69 Å². The van der Waals surface area contributed by atoms with Gasteiger partial charge in [-0.1, -0.05) is 12.1 Å². The molecule has 36 heavy (non-hydrogen) atoms. The third-order valence-electron chi connectivity index (χ3n) is 6.38. The lowest BCUT2D eigenvalue weighted by molar-refractivity contribution is 0.0910. The minimum absolute atomic E-state index is 0.0899. The van der Waals surface area contributed by atoms with E-state index in [9.17, 15) is 9.59 Å². The molecular weight excluding hydrogens is 456 g/mol. The highest BCUT2D eigenvalue weighted by molar-refractivity contribution is 6.03. The lowest BCUT2D eigenvalue weighted by Crippen LogP contribution is -2.51. The second-order valence-corrected chi connectivity index (χ2v) is 9.75. The van der Waals surface area contributed by atoms with Crippen molar-refractivity contribution in [3.8, 4) is 22.5 Å². The minimum atomic E-state index is -1.13. The summed E-state index contributed by atoms with van der Waals surface area (Å²) in [5.74, 6) is -0.294. The number of aromatic nitrogens is 4. The Labute approximate surface area is 208 Å². The highest BCUT2D eigenvalue weighted by atomic mass is 16.4. The molecule has 0 bridgehead atoms. The highest BCUT2D eigenvalue weighted by Gasteiger charge is 2.26. The fourth-order valence-corrected chi connectivity index (χ4v) is 4.70. The van der Waals surface area contributed by atoms with E-state index in [0.29, 0.717) is 11.1 Å². The third-order valence-corrected chi connectivity index (χ3v) is 6.38. The number of carbonyl (C=O) groups is 2. The molecule has 0 atom stereocenters. The van der Waals surface area contributed by atoms with Gasteiger partial charge < -0.3 is 15.7 Å². The van der Waals surface area contributed by atoms with Crippen LogP contribution in [0.3, 0.4) is 0 Å². The maximum Gasteiger partial charge on any atom is 0.404 e. The van der Waals surface area contributed by atoms with E-state index < -0.39 is 11.6 Å². The molecule has 3 aromatic heterocycles. The molecule has 0 saturated heterocycles. The maximum atomic E-state index is 13.0. The van der Waals surface area contributed by atoms with Crippen LogP contribution in [0.1, 0.15) is 42.0 Å². The van der Waals surface area contributed by atoms with Gasteiger partial charge in [-0.2, -0.15) is 5.10 Å². The molecule has 2 amide bonds. The summed E-state index contributed by atoms with van der Waals surface area (Å²) in [7, 11) is 0. The molecule has 184 valence electrons. The number of nitrogens with one attached hydrogen (secondary N) is 2. The number of carboxylic acid groups (broad SMARTS) is 1. The Hall–Kier alpha value is -4.27. The standard InChI is InChI=1S/C27H28N6O3/c1-16-6-4-7-20(30-16)24-23(22-8-5-13-33(22)32-24)19-11-12-28-21-14-17(9-10-18(19)21)25(34)31-27(2,3)15-29-26(35)36/h4,6-7,9-12,14,29H,5,8,13,15H2,1-3H3,(H,31,34)(H,35,36). The van der Waals surface area contributed by atoms with Crippen LogP contribution in [-0.2, 0) is 13.0 Å². The first kappa shape index (κ1) is 23.5. The van der Waals surface area contributed by atoms with Gasteiger partial charge in [-0.15, -0.1) is 0 Å². The molecule has 5 rings (SSSR count). The van der Waals surface area contributed by atoms with Crippen molar-refractivity contribution < 1.29 is 14.7 Å². The second-order valence-electron chi connectivity index (χ2n) is 9.75. The van der Waals surface area contributed by atoms with Crippen molar-refractivity contribution in [1.82, 2.24) is 30.4 Å². The van der Waals surface area contributed by atoms with E-state index >= 15 is 0 Å². The SMILES string of the molecule is Cc1cccc(-c2nn3c(c2-c2ccnc4cc(C(=O)NC(C)(C)CNC(=O)O)ccc24)CCC3)n1. The molecule has 0 aliphatic carbocycles. The fraction of sp³-hybridized carbons (Fsp3) is 0.296. The van der Waals surface area contributed by atoms with Crippen LogP contribution in [0.25, 0.3) is 33.4 Å². The Bertz CT molecular complexity index is 1490. The summed E-state index contributed by atoms with van der Waals surface area (Å²) >= 11 is 0. The average Bonchev–Trinajstić information content (AvgIpc) is 3.43. The van der Waals surface area contributed by atoms with Crippen LogP contribution in [0.15, 0.2) is 48.7 Å². The molecule has 9 heteroatoms. The van der Waals surface area contributed by atoms with Gasteiger partial charge in [0.2, 0.25) is 0 Å². The molecular formula is C27H28N6O3. The monoisotopic (exact) mass is 484 g/mol. The predicted molar refractivity (Wildman–Crippen MR) is 137 cm³/mol. The van der Waals surface area contributed by atoms with E-state index in [1.807, 2.05) is 37.3 Å². The number of aryl methyl sites for hydroxylation is 2. The molecule has 1 aliphatic rings. The van der Waals surface area contributed by atoms with Gasteiger partial charge in [0.15, 0.2) is 0 Å². The Morgan fingerprint density at radius 3 is 2.78 bits per heavy atom. The maximum absolute atomic E-state index is 13.0. The van der Waals surface area contributed by atoms with Crippen LogP contribution < -0.4 is 10.6 Å². The quantitative estimate of drug-likeness (QED) is 0.377. The zero-order chi connectivity index (χ0) is 25.4. The molecule has 1 aliphatic heterocycles. The number of fused-ring (bicyclic) bond motifs is 2. The summed E-state index contributed by atoms with van der Waals surface area (Å²) in [5.41, 5.74) is 6.29. The number of hydrogen-bond donors (Lipinski definition) is 3. The Balaban J connectivity index is 1.54. The minimum Gasteiger partial charge on any atom is -0.465 e. The normalized spacial score (nSPS) is 13.0. The lowest BCUT2D eigenvalue weighted by atomic mass is 9.95. The number of benzene rings is 1. The predicted octanol–water partition coefficient (Wildman–Crippen LogP) is 4.19. The number of amides is 2. The van der Waals surface area contributed by atoms with Crippen molar-refractivity contribution in [3.63, 3.8) is 0 Å². The summed E-state index contributed by atoms with van der Waals surface area (Å²) in [6.07, 6.45) is 2.62. The van der Waals surface area contributed by atoms with Gasteiger partial charge in [-0.25, -0.2) is 4.79 Å². The van der Waals surface area contributed by atoms with Gasteiger partial charge in [0, 0.05) is 47.2 Å². The number of rotatable bonds is 6. The summed E-state index contributed by atoms with van der Waals surface area (Å²) in [5, 5.41) is 19.9. The van der Waals surface area contributed by atoms with Crippen molar-refractivity contribution in [3.05, 3.63) is 65.6 Å². The van der Waals surface area contributed by atoms with E-state index in [0.717, 1.165) is 53.0 Å². The highest BCUT2D eigenvalue weighted by Crippen LogP contribution is 2.39. The van der Waals surface area contributed by atoms with Gasteiger partial charge in [-0.05, 0) is 69.5 Å². The zero-order valence-corrected chi connectivity index (χ0v) is 20.5. The van der Waals surface area contributed by atoms with E-state index in [1.54, 1.807) is 32.2 Å². The van der Waals surface area contributed by atoms with Crippen molar-refractivity contribution in [2.24, 2.45) is 0 Å². The van der Waals surface area contributed by atoms with Crippen LogP contribution in [0.4, 0.5) is 4.79 Å². The van der Waals surface area contributed by atoms with E-state index in [2.05, 4.69) is 20.3 Å². The Morgan fingerprint density at radius 2 is 2.00 bits per heavy atom. The molecule has 4 aromatic rings. The first-order valence-corrected chi connectivity index (χ1v) is 11.9. The van der Waals surface area contributed by atoms with Crippen molar-refractivity contribution >= 4 is 22.9 Å². The van der Waals surface area contributed by atoms with Crippen LogP contribution in [0, 0.1) is 6.92 Å². The van der Waals surface area contributed by atoms with Gasteiger partial charge >= 0.3 is 6.09 Å². The second kappa shape index (κ2) is 9.07. The number of carbonyl (C=O) groups excluding carboxylic acids is 1. The van der Waals surface area contributed by atoms with E-state index in [4.69, 9.17) is 15.2 Å². The average molecular weight is 485 g/mol. The summed E-state index contributed by atoms with van der Waals surface area (Å²) in [4.78, 5) is 33.1. The Kier molecular flexibility index (Phi) is 5.91. The first-order valence-electron chi connectivity index (χ1n) is 11.9. The van der Waals surface area contributed by atoms with Crippen LogP contribution >= 0.6 is 0 Å². The van der Waals surface area contributed by atoms with Crippen molar-refractivity contribution in [2.75, 3.05) is 6.54 Å². The molecule has 0 radical (unpaired) electrons. The molecule has 0 spiro atoms. The molecule has 9 nitrogen and oxygen atoms in total. The number of pyridine rings is 2. The van der Waals surface area contributed by atoms with Gasteiger partial charge in [-0.3, -0.25) is 19.4 Å². The molecule has 3 N–H and O–H groups in total. The molecule has 0 saturated carbocycles. The lowest BCUT2D eigenvalue weighted by Gasteiger charge is -2.26. The Morgan fingerprint density at radius 1 is 1.17 bits per heavy atom. The van der Waals surface area contributed by atoms with E-state index in [-0.39, 0.29) is 12.5 Å². The topological polar surface area (TPSA) is 122 Å². The first-order chi connectivity index (χ1) is 17.2. The van der Waals surface area contributed by atoms with Gasteiger partial charge in [0.25, 0.3) is 5.91 Å². The summed E-state index contributed by atoms with van der Waals surface area (Å²) < 4.78 is 2.08. The van der Waals surface area contributed by atoms with Gasteiger partial charge in [0.1, 0.15) is 5.69 Å². The van der Waals surface area contributed by atoms with Gasteiger partial charge in [0.05, 0.1) is 16.7 Å². The molecule has 0 unspecified atom stereocenters. The fourth-order valence-electron chi connectivity index (χ4n) is 4.70. The van der Waals surface area contributed by atoms with Crippen LogP contribution in [-0.4, -0.2) is 48.9 Å². The smallest absolute Gasteiger partial charge is 0.404 e.